The van der Waals surface area contributed by atoms with Crippen LogP contribution in [-0.4, -0.2) is 16.2 Å². The van der Waals surface area contributed by atoms with Crippen molar-refractivity contribution in [2.24, 2.45) is 0 Å². The number of nitrogens with two attached hydrogens (primary N) is 1. The van der Waals surface area contributed by atoms with E-state index in [0.717, 1.165) is 11.1 Å². The van der Waals surface area contributed by atoms with Crippen molar-refractivity contribution < 1.29 is 13.6 Å². The number of rotatable bonds is 3. The Kier molecular flexibility index (Phi) is 4.36. The van der Waals surface area contributed by atoms with Crippen LogP contribution < -0.4 is 16.4 Å². The zero-order chi connectivity index (χ0) is 19.7. The summed E-state index contributed by atoms with van der Waals surface area (Å²) in [5.41, 5.74) is 8.66. The van der Waals surface area contributed by atoms with E-state index in [2.05, 4.69) is 20.8 Å². The van der Waals surface area contributed by atoms with Gasteiger partial charge in [-0.15, -0.1) is 0 Å². The molecule has 1 aromatic heterocycles. The first-order chi connectivity index (χ1) is 13.5. The number of nitrogens with zero attached hydrogens (tertiary/aromatic N) is 1. The molecule has 140 valence electrons. The zero-order valence-corrected chi connectivity index (χ0v) is 14.5. The van der Waals surface area contributed by atoms with Gasteiger partial charge in [0.15, 0.2) is 5.82 Å². The maximum absolute atomic E-state index is 13.9. The number of fused-ring (bicyclic) bond motifs is 1. The molecule has 0 aliphatic rings. The third kappa shape index (κ3) is 3.35. The number of H-pyrrole nitrogens is 1. The third-order valence-electron chi connectivity index (χ3n) is 4.25. The normalized spacial score (nSPS) is 10.8. The molecule has 3 aromatic carbocycles. The molecular weight excluding hydrogens is 364 g/mol. The second-order valence-electron chi connectivity index (χ2n) is 6.12. The van der Waals surface area contributed by atoms with E-state index in [0.29, 0.717) is 16.8 Å². The number of hydrogen-bond donors (Lipinski definition) is 4. The maximum atomic E-state index is 13.9. The number of hydrogen-bond acceptors (Lipinski definition) is 3. The summed E-state index contributed by atoms with van der Waals surface area (Å²) in [5.74, 6) is -0.598. The molecule has 0 saturated heterocycles. The monoisotopic (exact) mass is 379 g/mol. The summed E-state index contributed by atoms with van der Waals surface area (Å²) >= 11 is 0. The van der Waals surface area contributed by atoms with E-state index in [1.807, 2.05) is 0 Å². The largest absolute Gasteiger partial charge is 0.382 e. The first kappa shape index (κ1) is 17.5. The number of aromatic nitrogens is 2. The first-order valence-corrected chi connectivity index (χ1v) is 8.37. The number of carbonyl (C=O) groups is 1. The molecule has 2 amide bonds. The van der Waals surface area contributed by atoms with Crippen LogP contribution in [0.4, 0.5) is 30.8 Å². The minimum atomic E-state index is -0.456. The topological polar surface area (TPSA) is 95.8 Å². The van der Waals surface area contributed by atoms with Crippen molar-refractivity contribution in [3.05, 3.63) is 72.3 Å². The molecule has 0 spiro atoms. The molecule has 0 atom stereocenters. The van der Waals surface area contributed by atoms with Gasteiger partial charge in [-0.05, 0) is 53.6 Å². The molecule has 28 heavy (non-hydrogen) atoms. The number of carbonyl (C=O) groups excluding carboxylic acids is 1. The lowest BCUT2D eigenvalue weighted by molar-refractivity contribution is 0.262. The molecule has 8 heteroatoms. The lowest BCUT2D eigenvalue weighted by Crippen LogP contribution is -2.19. The Morgan fingerprint density at radius 2 is 1.50 bits per heavy atom. The number of anilines is 3. The molecule has 0 unspecified atom stereocenters. The summed E-state index contributed by atoms with van der Waals surface area (Å²) < 4.78 is 26.8. The van der Waals surface area contributed by atoms with Crippen LogP contribution in [0.25, 0.3) is 22.0 Å². The molecule has 0 aliphatic heterocycles. The second kappa shape index (κ2) is 6.99. The van der Waals surface area contributed by atoms with Crippen molar-refractivity contribution in [3.8, 4) is 11.1 Å². The number of nitrogens with one attached hydrogen (secondary N) is 3. The summed E-state index contributed by atoms with van der Waals surface area (Å²) in [5, 5.41) is 12.3. The van der Waals surface area contributed by atoms with Gasteiger partial charge in [0, 0.05) is 11.4 Å². The standard InChI is InChI=1S/C20H15F2N5O/c21-12-3-7-14(8-4-12)25-20(28)24-13-5-1-11(2-6-13)15-9-10-16(22)18-17(15)19(23)27-26-18/h1-10H,(H3,23,26,27)(H2,24,25,28). The Bertz CT molecular complexity index is 1150. The number of nitrogen functional groups attached to an aromatic ring is 1. The molecule has 4 rings (SSSR count). The number of amides is 2. The molecule has 0 fully saturated rings. The quantitative estimate of drug-likeness (QED) is 0.414. The van der Waals surface area contributed by atoms with Gasteiger partial charge in [0.25, 0.3) is 0 Å². The fraction of sp³-hybridized carbons (Fsp3) is 0. The highest BCUT2D eigenvalue weighted by Crippen LogP contribution is 2.33. The molecule has 0 radical (unpaired) electrons. The molecule has 4 aromatic rings. The van der Waals surface area contributed by atoms with Crippen molar-refractivity contribution in [3.63, 3.8) is 0 Å². The Balaban J connectivity index is 1.53. The first-order valence-electron chi connectivity index (χ1n) is 8.37. The molecular formula is C20H15F2N5O. The zero-order valence-electron chi connectivity index (χ0n) is 14.5. The van der Waals surface area contributed by atoms with Crippen LogP contribution in [0.5, 0.6) is 0 Å². The molecule has 0 aliphatic carbocycles. The van der Waals surface area contributed by atoms with E-state index < -0.39 is 11.8 Å². The van der Waals surface area contributed by atoms with Gasteiger partial charge in [-0.25, -0.2) is 13.6 Å². The van der Waals surface area contributed by atoms with Gasteiger partial charge >= 0.3 is 6.03 Å². The highest BCUT2D eigenvalue weighted by atomic mass is 19.1. The van der Waals surface area contributed by atoms with Crippen LogP contribution in [0.2, 0.25) is 0 Å². The van der Waals surface area contributed by atoms with E-state index in [1.54, 1.807) is 30.3 Å². The van der Waals surface area contributed by atoms with E-state index in [-0.39, 0.29) is 17.2 Å². The van der Waals surface area contributed by atoms with Crippen LogP contribution in [0.1, 0.15) is 0 Å². The summed E-state index contributed by atoms with van der Waals surface area (Å²) in [7, 11) is 0. The molecule has 0 saturated carbocycles. The van der Waals surface area contributed by atoms with Gasteiger partial charge in [-0.2, -0.15) is 5.10 Å². The Morgan fingerprint density at radius 3 is 2.14 bits per heavy atom. The van der Waals surface area contributed by atoms with Gasteiger partial charge in [0.1, 0.15) is 17.2 Å². The van der Waals surface area contributed by atoms with Crippen molar-refractivity contribution in [2.75, 3.05) is 16.4 Å². The Morgan fingerprint density at radius 1 is 0.893 bits per heavy atom. The van der Waals surface area contributed by atoms with Gasteiger partial charge in [-0.1, -0.05) is 18.2 Å². The van der Waals surface area contributed by atoms with Crippen molar-refractivity contribution >= 4 is 34.1 Å². The van der Waals surface area contributed by atoms with E-state index in [4.69, 9.17) is 5.73 Å². The van der Waals surface area contributed by atoms with Gasteiger partial charge in [0.05, 0.1) is 5.39 Å². The van der Waals surface area contributed by atoms with E-state index in [1.165, 1.54) is 30.3 Å². The van der Waals surface area contributed by atoms with Crippen molar-refractivity contribution in [2.45, 2.75) is 0 Å². The van der Waals surface area contributed by atoms with Crippen LogP contribution in [0.15, 0.2) is 60.7 Å². The lowest BCUT2D eigenvalue weighted by Gasteiger charge is -2.09. The number of urea groups is 1. The average Bonchev–Trinajstić information content (AvgIpc) is 3.08. The fourth-order valence-electron chi connectivity index (χ4n) is 2.92. The summed E-state index contributed by atoms with van der Waals surface area (Å²) in [4.78, 5) is 12.1. The predicted octanol–water partition coefficient (Wildman–Crippen LogP) is 4.73. The van der Waals surface area contributed by atoms with Crippen molar-refractivity contribution in [1.82, 2.24) is 10.2 Å². The molecule has 1 heterocycles. The molecule has 6 nitrogen and oxygen atoms in total. The Labute approximate surface area is 158 Å². The fourth-order valence-corrected chi connectivity index (χ4v) is 2.92. The number of benzene rings is 3. The van der Waals surface area contributed by atoms with Gasteiger partial charge in [0.2, 0.25) is 0 Å². The number of aromatic amines is 1. The van der Waals surface area contributed by atoms with E-state index in [9.17, 15) is 13.6 Å². The van der Waals surface area contributed by atoms with Crippen LogP contribution >= 0.6 is 0 Å². The predicted molar refractivity (Wildman–Crippen MR) is 105 cm³/mol. The van der Waals surface area contributed by atoms with Crippen LogP contribution in [0.3, 0.4) is 0 Å². The van der Waals surface area contributed by atoms with Gasteiger partial charge in [-0.3, -0.25) is 5.10 Å². The van der Waals surface area contributed by atoms with Crippen molar-refractivity contribution in [1.29, 1.82) is 0 Å². The smallest absolute Gasteiger partial charge is 0.323 e. The third-order valence-corrected chi connectivity index (χ3v) is 4.25. The van der Waals surface area contributed by atoms with Gasteiger partial charge < -0.3 is 16.4 Å². The highest BCUT2D eigenvalue weighted by molar-refractivity contribution is 6.02. The Hall–Kier alpha value is -3.94. The minimum absolute atomic E-state index is 0.213. The number of halogens is 2. The van der Waals surface area contributed by atoms with Crippen LogP contribution in [-0.2, 0) is 0 Å². The molecule has 0 bridgehead atoms. The highest BCUT2D eigenvalue weighted by Gasteiger charge is 2.13. The maximum Gasteiger partial charge on any atom is 0.323 e. The summed E-state index contributed by atoms with van der Waals surface area (Å²) in [6.45, 7) is 0. The van der Waals surface area contributed by atoms with Crippen LogP contribution in [0, 0.1) is 11.6 Å². The average molecular weight is 379 g/mol. The SMILES string of the molecule is Nc1n[nH]c2c(F)ccc(-c3ccc(NC(=O)Nc4ccc(F)cc4)cc3)c12. The second-order valence-corrected chi connectivity index (χ2v) is 6.12. The minimum Gasteiger partial charge on any atom is -0.382 e. The lowest BCUT2D eigenvalue weighted by atomic mass is 10.0. The summed E-state index contributed by atoms with van der Waals surface area (Å²) in [6.07, 6.45) is 0. The summed E-state index contributed by atoms with van der Waals surface area (Å²) in [6, 6.07) is 15.0. The van der Waals surface area contributed by atoms with E-state index >= 15 is 0 Å². The molecule has 5 N–H and O–H groups in total.